The van der Waals surface area contributed by atoms with E-state index < -0.39 is 10.0 Å². The predicted octanol–water partition coefficient (Wildman–Crippen LogP) is 3.30. The van der Waals surface area contributed by atoms with Crippen molar-refractivity contribution in [2.45, 2.75) is 49.9 Å². The van der Waals surface area contributed by atoms with Gasteiger partial charge in [-0.3, -0.25) is 0 Å². The third-order valence-corrected chi connectivity index (χ3v) is 5.71. The van der Waals surface area contributed by atoms with Crippen LogP contribution in [0, 0.1) is 6.92 Å². The summed E-state index contributed by atoms with van der Waals surface area (Å²) in [6.45, 7) is 4.54. The maximum Gasteiger partial charge on any atom is 0.243 e. The molecule has 0 atom stereocenters. The topological polar surface area (TPSA) is 37.4 Å². The van der Waals surface area contributed by atoms with Crippen LogP contribution in [0.2, 0.25) is 0 Å². The van der Waals surface area contributed by atoms with Gasteiger partial charge in [0.05, 0.1) is 4.90 Å². The van der Waals surface area contributed by atoms with Crippen molar-refractivity contribution in [3.8, 4) is 0 Å². The quantitative estimate of drug-likeness (QED) is 0.756. The molecule has 2 rings (SSSR count). The van der Waals surface area contributed by atoms with Gasteiger partial charge in [0.1, 0.15) is 0 Å². The SMILES string of the molecule is CCCN(C1CC1)S(=O)(=O)c1ccc(C)c(CCl)c1. The largest absolute Gasteiger partial charge is 0.243 e. The number of benzene rings is 1. The average Bonchev–Trinajstić information content (AvgIpc) is 3.20. The zero-order valence-electron chi connectivity index (χ0n) is 11.4. The maximum absolute atomic E-state index is 12.7. The molecule has 1 aliphatic carbocycles. The lowest BCUT2D eigenvalue weighted by molar-refractivity contribution is 0.403. The summed E-state index contributed by atoms with van der Waals surface area (Å²) in [7, 11) is -3.37. The van der Waals surface area contributed by atoms with Crippen LogP contribution in [0.3, 0.4) is 0 Å². The van der Waals surface area contributed by atoms with Gasteiger partial charge in [-0.1, -0.05) is 13.0 Å². The van der Waals surface area contributed by atoms with Crippen LogP contribution in [0.1, 0.15) is 37.3 Å². The second-order valence-corrected chi connectivity index (χ2v) is 7.23. The summed E-state index contributed by atoms with van der Waals surface area (Å²) in [4.78, 5) is 0.370. The van der Waals surface area contributed by atoms with Crippen LogP contribution >= 0.6 is 11.6 Å². The Morgan fingerprint density at radius 2 is 2.05 bits per heavy atom. The van der Waals surface area contributed by atoms with Crippen LogP contribution in [-0.2, 0) is 15.9 Å². The lowest BCUT2D eigenvalue weighted by Crippen LogP contribution is -2.33. The molecule has 1 saturated carbocycles. The molecule has 1 aromatic carbocycles. The standard InChI is InChI=1S/C14H20ClNO2S/c1-3-8-16(13-5-6-13)19(17,18)14-7-4-11(2)12(9-14)10-15/h4,7,9,13H,3,5-6,8,10H2,1-2H3. The Hall–Kier alpha value is -0.580. The van der Waals surface area contributed by atoms with Gasteiger partial charge < -0.3 is 0 Å². The van der Waals surface area contributed by atoms with Crippen molar-refractivity contribution < 1.29 is 8.42 Å². The number of sulfonamides is 1. The van der Waals surface area contributed by atoms with Gasteiger partial charge in [-0.05, 0) is 49.4 Å². The fourth-order valence-electron chi connectivity index (χ4n) is 2.17. The molecule has 106 valence electrons. The van der Waals surface area contributed by atoms with Gasteiger partial charge in [-0.25, -0.2) is 8.42 Å². The predicted molar refractivity (Wildman–Crippen MR) is 77.9 cm³/mol. The Labute approximate surface area is 120 Å². The summed E-state index contributed by atoms with van der Waals surface area (Å²) in [6.07, 6.45) is 2.80. The number of nitrogens with zero attached hydrogens (tertiary/aromatic N) is 1. The number of alkyl halides is 1. The van der Waals surface area contributed by atoms with E-state index in [-0.39, 0.29) is 6.04 Å². The first-order valence-corrected chi connectivity index (χ1v) is 8.65. The van der Waals surface area contributed by atoms with Gasteiger partial charge in [0.25, 0.3) is 0 Å². The smallest absolute Gasteiger partial charge is 0.207 e. The zero-order valence-corrected chi connectivity index (χ0v) is 13.0. The molecular formula is C14H20ClNO2S. The first-order chi connectivity index (χ1) is 9.00. The van der Waals surface area contributed by atoms with E-state index in [1.807, 2.05) is 19.9 Å². The number of halogens is 1. The Balaban J connectivity index is 2.37. The molecule has 0 aromatic heterocycles. The number of rotatable bonds is 6. The van der Waals surface area contributed by atoms with Crippen molar-refractivity contribution in [3.63, 3.8) is 0 Å². The second kappa shape index (κ2) is 5.81. The summed E-state index contributed by atoms with van der Waals surface area (Å²) in [5.74, 6) is 0.340. The third-order valence-electron chi connectivity index (χ3n) is 3.47. The molecule has 0 heterocycles. The molecule has 0 aliphatic heterocycles. The normalized spacial score (nSPS) is 16.0. The summed E-state index contributed by atoms with van der Waals surface area (Å²) in [5, 5.41) is 0. The molecule has 0 radical (unpaired) electrons. The molecule has 5 heteroatoms. The summed E-state index contributed by atoms with van der Waals surface area (Å²) >= 11 is 5.86. The molecule has 19 heavy (non-hydrogen) atoms. The molecule has 3 nitrogen and oxygen atoms in total. The first-order valence-electron chi connectivity index (χ1n) is 6.68. The third kappa shape index (κ3) is 3.12. The van der Waals surface area contributed by atoms with Crippen LogP contribution < -0.4 is 0 Å². The second-order valence-electron chi connectivity index (χ2n) is 5.07. The van der Waals surface area contributed by atoms with E-state index in [2.05, 4.69) is 0 Å². The molecule has 0 unspecified atom stereocenters. The lowest BCUT2D eigenvalue weighted by Gasteiger charge is -2.21. The minimum absolute atomic E-state index is 0.200. The average molecular weight is 302 g/mol. The minimum atomic E-state index is -3.37. The molecule has 1 aromatic rings. The van der Waals surface area contributed by atoms with Crippen molar-refractivity contribution >= 4 is 21.6 Å². The Bertz CT molecular complexity index is 553. The van der Waals surface area contributed by atoms with E-state index in [1.165, 1.54) is 0 Å². The summed E-state index contributed by atoms with van der Waals surface area (Å²) < 4.78 is 27.0. The summed E-state index contributed by atoms with van der Waals surface area (Å²) in [5.41, 5.74) is 1.91. The van der Waals surface area contributed by atoms with E-state index in [0.29, 0.717) is 17.3 Å². The van der Waals surface area contributed by atoms with Gasteiger partial charge in [-0.2, -0.15) is 4.31 Å². The highest BCUT2D eigenvalue weighted by molar-refractivity contribution is 7.89. The van der Waals surface area contributed by atoms with Crippen LogP contribution in [0.4, 0.5) is 0 Å². The lowest BCUT2D eigenvalue weighted by atomic mass is 10.1. The van der Waals surface area contributed by atoms with Gasteiger partial charge in [-0.15, -0.1) is 11.6 Å². The molecular weight excluding hydrogens is 282 g/mol. The number of aryl methyl sites for hydroxylation is 1. The maximum atomic E-state index is 12.7. The van der Waals surface area contributed by atoms with Gasteiger partial charge in [0, 0.05) is 18.5 Å². The zero-order chi connectivity index (χ0) is 14.0. The van der Waals surface area contributed by atoms with Crippen molar-refractivity contribution in [1.29, 1.82) is 0 Å². The van der Waals surface area contributed by atoms with E-state index in [0.717, 1.165) is 30.4 Å². The Morgan fingerprint density at radius 3 is 2.58 bits per heavy atom. The highest BCUT2D eigenvalue weighted by Gasteiger charge is 2.37. The van der Waals surface area contributed by atoms with E-state index in [1.54, 1.807) is 16.4 Å². The fourth-order valence-corrected chi connectivity index (χ4v) is 4.29. The fraction of sp³-hybridized carbons (Fsp3) is 0.571. The van der Waals surface area contributed by atoms with Crippen molar-refractivity contribution in [2.24, 2.45) is 0 Å². The highest BCUT2D eigenvalue weighted by Crippen LogP contribution is 2.32. The van der Waals surface area contributed by atoms with Crippen molar-refractivity contribution in [1.82, 2.24) is 4.31 Å². The monoisotopic (exact) mass is 301 g/mol. The van der Waals surface area contributed by atoms with Crippen molar-refractivity contribution in [2.75, 3.05) is 6.54 Å². The van der Waals surface area contributed by atoms with E-state index in [9.17, 15) is 8.42 Å². The molecule has 1 fully saturated rings. The number of hydrogen-bond acceptors (Lipinski definition) is 2. The Morgan fingerprint density at radius 1 is 1.37 bits per heavy atom. The molecule has 0 spiro atoms. The van der Waals surface area contributed by atoms with E-state index >= 15 is 0 Å². The molecule has 0 N–H and O–H groups in total. The minimum Gasteiger partial charge on any atom is -0.207 e. The van der Waals surface area contributed by atoms with Gasteiger partial charge in [0.2, 0.25) is 10.0 Å². The Kier molecular flexibility index (Phi) is 4.54. The van der Waals surface area contributed by atoms with E-state index in [4.69, 9.17) is 11.6 Å². The van der Waals surface area contributed by atoms with Gasteiger partial charge >= 0.3 is 0 Å². The van der Waals surface area contributed by atoms with Crippen LogP contribution in [-0.4, -0.2) is 25.3 Å². The molecule has 0 amide bonds. The molecule has 0 saturated heterocycles. The highest BCUT2D eigenvalue weighted by atomic mass is 35.5. The van der Waals surface area contributed by atoms with Gasteiger partial charge in [0.15, 0.2) is 0 Å². The van der Waals surface area contributed by atoms with Crippen LogP contribution in [0.25, 0.3) is 0 Å². The van der Waals surface area contributed by atoms with Crippen LogP contribution in [0.5, 0.6) is 0 Å². The summed E-state index contributed by atoms with van der Waals surface area (Å²) in [6, 6.07) is 5.43. The van der Waals surface area contributed by atoms with Crippen molar-refractivity contribution in [3.05, 3.63) is 29.3 Å². The van der Waals surface area contributed by atoms with Crippen LogP contribution in [0.15, 0.2) is 23.1 Å². The molecule has 1 aliphatic rings. The number of hydrogen-bond donors (Lipinski definition) is 0. The first kappa shape index (κ1) is 14.8. The molecule has 0 bridgehead atoms.